The molecule has 1 aromatic heterocycles. The molecule has 0 saturated heterocycles. The van der Waals surface area contributed by atoms with Gasteiger partial charge in [0.25, 0.3) is 5.91 Å². The third-order valence-electron chi connectivity index (χ3n) is 5.74. The first kappa shape index (κ1) is 24.8. The van der Waals surface area contributed by atoms with Gasteiger partial charge >= 0.3 is 0 Å². The zero-order valence-electron chi connectivity index (χ0n) is 20.5. The summed E-state index contributed by atoms with van der Waals surface area (Å²) in [6.45, 7) is 10.3. The van der Waals surface area contributed by atoms with Crippen LogP contribution in [0.1, 0.15) is 60.4 Å². The first-order valence-corrected chi connectivity index (χ1v) is 11.4. The molecule has 0 unspecified atom stereocenters. The number of carbonyl (C=O) groups is 1. The van der Waals surface area contributed by atoms with E-state index in [0.29, 0.717) is 30.0 Å². The van der Waals surface area contributed by atoms with Crippen LogP contribution in [0.25, 0.3) is 5.57 Å². The largest absolute Gasteiger partial charge is 0.404 e. The van der Waals surface area contributed by atoms with Gasteiger partial charge < -0.3 is 10.6 Å². The molecule has 8 heteroatoms. The van der Waals surface area contributed by atoms with Crippen LogP contribution < -0.4 is 10.6 Å². The summed E-state index contributed by atoms with van der Waals surface area (Å²) in [6, 6.07) is 9.32. The molecule has 1 aromatic carbocycles. The molecule has 1 amide bonds. The number of amidine groups is 1. The van der Waals surface area contributed by atoms with E-state index in [-0.39, 0.29) is 23.8 Å². The number of anilines is 1. The summed E-state index contributed by atoms with van der Waals surface area (Å²) in [6.07, 6.45) is 5.10. The number of fused-ring (bicyclic) bond motifs is 1. The van der Waals surface area contributed by atoms with Gasteiger partial charge in [-0.2, -0.15) is 0 Å². The molecule has 1 aliphatic heterocycles. The molecule has 0 saturated carbocycles. The van der Waals surface area contributed by atoms with Crippen molar-refractivity contribution in [1.82, 2.24) is 9.88 Å². The number of aromatic nitrogens is 1. The highest BCUT2D eigenvalue weighted by Gasteiger charge is 2.28. The number of carbonyl (C=O) groups excluding carboxylic acids is 1. The normalized spacial score (nSPS) is 14.1. The summed E-state index contributed by atoms with van der Waals surface area (Å²) in [5.41, 5.74) is 10.6. The third-order valence-corrected chi connectivity index (χ3v) is 5.74. The van der Waals surface area contributed by atoms with Crippen molar-refractivity contribution in [2.24, 2.45) is 10.7 Å². The summed E-state index contributed by atoms with van der Waals surface area (Å²) in [7, 11) is 0. The molecule has 34 heavy (non-hydrogen) atoms. The number of aliphatic imine (C=N–C) groups is 1. The molecule has 0 radical (unpaired) electrons. The SMILES string of the molecule is Cc1cc2c(cc1C(C=NC(C)C)=CN)C(=O)N(c1cccc(C(=N)N(C=N)C(C)C)n1)CC2. The zero-order chi connectivity index (χ0) is 25.0. The molecule has 3 rings (SSSR count). The minimum absolute atomic E-state index is 0.0513. The fourth-order valence-corrected chi connectivity index (χ4v) is 3.92. The molecule has 2 heterocycles. The van der Waals surface area contributed by atoms with Crippen molar-refractivity contribution < 1.29 is 4.79 Å². The van der Waals surface area contributed by atoms with Crippen molar-refractivity contribution in [3.63, 3.8) is 0 Å². The Morgan fingerprint density at radius 2 is 2.00 bits per heavy atom. The van der Waals surface area contributed by atoms with Crippen molar-refractivity contribution in [3.8, 4) is 0 Å². The smallest absolute Gasteiger partial charge is 0.259 e. The molecule has 0 fully saturated rings. The lowest BCUT2D eigenvalue weighted by Crippen LogP contribution is -2.39. The van der Waals surface area contributed by atoms with Gasteiger partial charge in [0.05, 0.1) is 6.34 Å². The van der Waals surface area contributed by atoms with Gasteiger partial charge in [-0.3, -0.25) is 25.5 Å². The molecular formula is C26H33N7O. The van der Waals surface area contributed by atoms with Crippen molar-refractivity contribution in [3.05, 3.63) is 64.5 Å². The second kappa shape index (κ2) is 10.4. The van der Waals surface area contributed by atoms with E-state index >= 15 is 0 Å². The Hall–Kier alpha value is -3.81. The number of hydrogen-bond acceptors (Lipinski definition) is 6. The van der Waals surface area contributed by atoms with E-state index in [1.54, 1.807) is 29.3 Å². The van der Waals surface area contributed by atoms with Crippen molar-refractivity contribution in [2.75, 3.05) is 11.4 Å². The molecule has 0 aliphatic carbocycles. The minimum atomic E-state index is -0.136. The van der Waals surface area contributed by atoms with E-state index in [1.165, 1.54) is 11.1 Å². The Kier molecular flexibility index (Phi) is 7.61. The molecule has 8 nitrogen and oxygen atoms in total. The second-order valence-electron chi connectivity index (χ2n) is 8.88. The number of pyridine rings is 1. The maximum atomic E-state index is 13.5. The van der Waals surface area contributed by atoms with E-state index in [1.807, 2.05) is 40.7 Å². The number of rotatable bonds is 7. The Bertz CT molecular complexity index is 1160. The number of nitrogens with two attached hydrogens (primary N) is 1. The van der Waals surface area contributed by atoms with Crippen molar-refractivity contribution in [2.45, 2.75) is 53.1 Å². The van der Waals surface area contributed by atoms with Crippen LogP contribution in [0.2, 0.25) is 0 Å². The molecule has 0 spiro atoms. The van der Waals surface area contributed by atoms with Crippen molar-refractivity contribution in [1.29, 1.82) is 10.8 Å². The van der Waals surface area contributed by atoms with Crippen LogP contribution in [-0.2, 0) is 6.42 Å². The van der Waals surface area contributed by atoms with Crippen LogP contribution >= 0.6 is 0 Å². The van der Waals surface area contributed by atoms with E-state index in [4.69, 9.17) is 16.6 Å². The summed E-state index contributed by atoms with van der Waals surface area (Å²) in [5, 5.41) is 16.1. The Balaban J connectivity index is 1.97. The number of benzene rings is 1. The third kappa shape index (κ3) is 5.06. The van der Waals surface area contributed by atoms with Gasteiger partial charge in [-0.1, -0.05) is 12.1 Å². The quantitative estimate of drug-likeness (QED) is 0.427. The van der Waals surface area contributed by atoms with E-state index < -0.39 is 0 Å². The fourth-order valence-electron chi connectivity index (χ4n) is 3.92. The molecule has 1 aliphatic rings. The Morgan fingerprint density at radius 3 is 2.62 bits per heavy atom. The number of amides is 1. The van der Waals surface area contributed by atoms with Crippen LogP contribution in [0.5, 0.6) is 0 Å². The van der Waals surface area contributed by atoms with Crippen LogP contribution in [-0.4, -0.2) is 52.8 Å². The zero-order valence-corrected chi connectivity index (χ0v) is 20.5. The monoisotopic (exact) mass is 459 g/mol. The highest BCUT2D eigenvalue weighted by Crippen LogP contribution is 2.29. The second-order valence-corrected chi connectivity index (χ2v) is 8.88. The van der Waals surface area contributed by atoms with E-state index in [0.717, 1.165) is 28.6 Å². The summed E-state index contributed by atoms with van der Waals surface area (Å²) < 4.78 is 0. The molecular weight excluding hydrogens is 426 g/mol. The van der Waals surface area contributed by atoms with Gasteiger partial charge in [0.1, 0.15) is 11.5 Å². The highest BCUT2D eigenvalue weighted by atomic mass is 16.2. The van der Waals surface area contributed by atoms with Gasteiger partial charge in [0.2, 0.25) is 0 Å². The standard InChI is InChI=1S/C26H33N7O/c1-16(2)30-14-20(13-27)21-12-22-19(11-18(21)5)9-10-32(26(22)34)24-8-6-7-23(31-24)25(29)33(15-28)17(3)4/h6-8,11-17,28-29H,9-10,27H2,1-5H3. The predicted molar refractivity (Wildman–Crippen MR) is 139 cm³/mol. The maximum Gasteiger partial charge on any atom is 0.259 e. The minimum Gasteiger partial charge on any atom is -0.404 e. The number of hydrogen-bond donors (Lipinski definition) is 3. The van der Waals surface area contributed by atoms with Crippen LogP contribution in [0.4, 0.5) is 5.82 Å². The number of aryl methyl sites for hydroxylation is 1. The molecule has 2 aromatic rings. The van der Waals surface area contributed by atoms with Gasteiger partial charge in [0.15, 0.2) is 5.84 Å². The number of nitrogens with one attached hydrogen (secondary N) is 2. The van der Waals surface area contributed by atoms with Crippen molar-refractivity contribution >= 4 is 35.7 Å². The molecule has 178 valence electrons. The summed E-state index contributed by atoms with van der Waals surface area (Å²) in [4.78, 5) is 25.8. The number of nitrogens with zero attached hydrogens (tertiary/aromatic N) is 4. The van der Waals surface area contributed by atoms with E-state index in [2.05, 4.69) is 16.0 Å². The van der Waals surface area contributed by atoms with E-state index in [9.17, 15) is 4.79 Å². The van der Waals surface area contributed by atoms with Gasteiger partial charge in [-0.15, -0.1) is 0 Å². The average Bonchev–Trinajstić information content (AvgIpc) is 2.80. The van der Waals surface area contributed by atoms with Gasteiger partial charge in [-0.25, -0.2) is 4.98 Å². The van der Waals surface area contributed by atoms with Gasteiger partial charge in [0, 0.05) is 42.2 Å². The highest BCUT2D eigenvalue weighted by molar-refractivity contribution is 6.13. The lowest BCUT2D eigenvalue weighted by molar-refractivity contribution is 0.0980. The maximum absolute atomic E-state index is 13.5. The average molecular weight is 460 g/mol. The Labute approximate surface area is 201 Å². The topological polar surface area (TPSA) is 123 Å². The predicted octanol–water partition coefficient (Wildman–Crippen LogP) is 4.01. The molecule has 4 N–H and O–H groups in total. The lowest BCUT2D eigenvalue weighted by Gasteiger charge is -2.29. The molecule has 0 bridgehead atoms. The summed E-state index contributed by atoms with van der Waals surface area (Å²) >= 11 is 0. The Morgan fingerprint density at radius 1 is 1.26 bits per heavy atom. The van der Waals surface area contributed by atoms with Crippen LogP contribution in [0.15, 0.2) is 41.5 Å². The van der Waals surface area contributed by atoms with Gasteiger partial charge in [-0.05, 0) is 75.9 Å². The summed E-state index contributed by atoms with van der Waals surface area (Å²) in [5.74, 6) is 0.477. The first-order chi connectivity index (χ1) is 16.2. The van der Waals surface area contributed by atoms with Crippen LogP contribution in [0, 0.1) is 17.7 Å². The first-order valence-electron chi connectivity index (χ1n) is 11.4. The number of allylic oxidation sites excluding steroid dienone is 1. The van der Waals surface area contributed by atoms with Crippen LogP contribution in [0.3, 0.4) is 0 Å². The molecule has 0 atom stereocenters. The fraction of sp³-hybridized carbons (Fsp3) is 0.346. The lowest BCUT2D eigenvalue weighted by atomic mass is 9.91.